The topological polar surface area (TPSA) is 34.1 Å². The minimum absolute atomic E-state index is 0.00492. The largest absolute Gasteiger partial charge is 0.302 e. The van der Waals surface area contributed by atoms with Gasteiger partial charge in [-0.2, -0.15) is 0 Å². The zero-order chi connectivity index (χ0) is 11.5. The predicted octanol–water partition coefficient (Wildman–Crippen LogP) is 3.64. The molecule has 1 aromatic carbocycles. The van der Waals surface area contributed by atoms with E-state index in [0.717, 1.165) is 0 Å². The van der Waals surface area contributed by atoms with E-state index in [9.17, 15) is 9.36 Å². The molecule has 0 amide bonds. The van der Waals surface area contributed by atoms with Gasteiger partial charge in [0.1, 0.15) is 0 Å². The Morgan fingerprint density at radius 2 is 1.80 bits per heavy atom. The molecule has 0 aliphatic rings. The zero-order valence-corrected chi connectivity index (χ0v) is 10.8. The van der Waals surface area contributed by atoms with Crippen molar-refractivity contribution in [1.82, 2.24) is 0 Å². The Bertz CT molecular complexity index is 402. The molecule has 1 atom stereocenters. The van der Waals surface area contributed by atoms with Gasteiger partial charge in [-0.1, -0.05) is 11.6 Å². The lowest BCUT2D eigenvalue weighted by atomic mass is 10.4. The zero-order valence-electron chi connectivity index (χ0n) is 7.62. The third-order valence-electron chi connectivity index (χ3n) is 1.81. The maximum atomic E-state index is 11.9. The van der Waals surface area contributed by atoms with Crippen molar-refractivity contribution in [3.05, 3.63) is 29.3 Å². The lowest BCUT2D eigenvalue weighted by Gasteiger charge is -2.09. The summed E-state index contributed by atoms with van der Waals surface area (Å²) in [7, 11) is 0. The standard InChI is InChI=1S/C9H8Cl3O2P/c10-7-1-3-8(4-2-7)15(12,14)6-5-9(11)13/h1-4H,5-6H2. The van der Waals surface area contributed by atoms with E-state index >= 15 is 0 Å². The fraction of sp³-hybridized carbons (Fsp3) is 0.222. The van der Waals surface area contributed by atoms with E-state index in [-0.39, 0.29) is 12.6 Å². The van der Waals surface area contributed by atoms with E-state index in [0.29, 0.717) is 10.3 Å². The van der Waals surface area contributed by atoms with Crippen LogP contribution in [-0.4, -0.2) is 11.4 Å². The van der Waals surface area contributed by atoms with Crippen LogP contribution in [-0.2, 0) is 9.36 Å². The van der Waals surface area contributed by atoms with Crippen molar-refractivity contribution in [3.63, 3.8) is 0 Å². The van der Waals surface area contributed by atoms with Gasteiger partial charge in [-0.05, 0) is 47.1 Å². The van der Waals surface area contributed by atoms with Crippen molar-refractivity contribution < 1.29 is 9.36 Å². The second-order valence-electron chi connectivity index (χ2n) is 2.96. The number of hydrogen-bond donors (Lipinski definition) is 0. The molecular formula is C9H8Cl3O2P. The SMILES string of the molecule is O=C(Cl)CCP(=O)(Cl)c1ccc(Cl)cc1. The Hall–Kier alpha value is -0.0100. The third-order valence-corrected chi connectivity index (χ3v) is 5.21. The Kier molecular flexibility index (Phi) is 4.66. The summed E-state index contributed by atoms with van der Waals surface area (Å²) in [4.78, 5) is 10.5. The molecule has 6 heteroatoms. The van der Waals surface area contributed by atoms with Crippen molar-refractivity contribution >= 4 is 51.5 Å². The first kappa shape index (κ1) is 13.1. The van der Waals surface area contributed by atoms with E-state index in [1.54, 1.807) is 24.3 Å². The Morgan fingerprint density at radius 3 is 2.27 bits per heavy atom. The van der Waals surface area contributed by atoms with Gasteiger partial charge < -0.3 is 4.57 Å². The van der Waals surface area contributed by atoms with Crippen molar-refractivity contribution in [2.45, 2.75) is 6.42 Å². The third kappa shape index (κ3) is 4.16. The molecule has 0 bridgehead atoms. The molecule has 0 N–H and O–H groups in total. The van der Waals surface area contributed by atoms with Gasteiger partial charge in [0.05, 0.1) is 0 Å². The summed E-state index contributed by atoms with van der Waals surface area (Å²) in [6, 6.07) is 6.40. The number of carbonyl (C=O) groups excluding carboxylic acids is 1. The number of carbonyl (C=O) groups is 1. The highest BCUT2D eigenvalue weighted by Gasteiger charge is 2.21. The molecule has 0 aliphatic carbocycles. The number of halogens is 3. The van der Waals surface area contributed by atoms with Gasteiger partial charge >= 0.3 is 0 Å². The maximum Gasteiger partial charge on any atom is 0.222 e. The summed E-state index contributed by atoms with van der Waals surface area (Å²) < 4.78 is 11.9. The Morgan fingerprint density at radius 1 is 1.27 bits per heavy atom. The van der Waals surface area contributed by atoms with Crippen LogP contribution < -0.4 is 5.30 Å². The van der Waals surface area contributed by atoms with Crippen LogP contribution in [0, 0.1) is 0 Å². The van der Waals surface area contributed by atoms with Crippen LogP contribution in [0.3, 0.4) is 0 Å². The van der Waals surface area contributed by atoms with E-state index in [2.05, 4.69) is 0 Å². The fourth-order valence-corrected chi connectivity index (χ4v) is 3.31. The first-order chi connectivity index (χ1) is 6.92. The molecular weight excluding hydrogens is 277 g/mol. The first-order valence-electron chi connectivity index (χ1n) is 4.15. The molecule has 0 aromatic heterocycles. The van der Waals surface area contributed by atoms with Gasteiger partial charge in [0.15, 0.2) is 6.49 Å². The van der Waals surface area contributed by atoms with Gasteiger partial charge in [-0.3, -0.25) is 4.79 Å². The quantitative estimate of drug-likeness (QED) is 0.625. The summed E-state index contributed by atoms with van der Waals surface area (Å²) in [5.74, 6) is 0. The van der Waals surface area contributed by atoms with E-state index < -0.39 is 11.7 Å². The monoisotopic (exact) mass is 284 g/mol. The van der Waals surface area contributed by atoms with Gasteiger partial charge in [0.25, 0.3) is 0 Å². The van der Waals surface area contributed by atoms with Crippen LogP contribution in [0.25, 0.3) is 0 Å². The lowest BCUT2D eigenvalue weighted by molar-refractivity contribution is -0.111. The molecule has 2 nitrogen and oxygen atoms in total. The highest BCUT2D eigenvalue weighted by Crippen LogP contribution is 2.50. The number of rotatable bonds is 4. The second kappa shape index (κ2) is 5.36. The van der Waals surface area contributed by atoms with Crippen molar-refractivity contribution in [2.75, 3.05) is 6.16 Å². The summed E-state index contributed by atoms with van der Waals surface area (Å²) in [6.45, 7) is -3.01. The molecule has 0 saturated heterocycles. The molecule has 0 heterocycles. The molecule has 0 fully saturated rings. The van der Waals surface area contributed by atoms with Gasteiger partial charge in [-0.25, -0.2) is 0 Å². The van der Waals surface area contributed by atoms with Gasteiger partial charge in [0, 0.05) is 22.9 Å². The second-order valence-corrected chi connectivity index (χ2v) is 7.72. The minimum Gasteiger partial charge on any atom is -0.302 e. The average molecular weight is 285 g/mol. The maximum absolute atomic E-state index is 11.9. The molecule has 0 spiro atoms. The summed E-state index contributed by atoms with van der Waals surface area (Å²) in [5.41, 5.74) is 0. The Balaban J connectivity index is 2.81. The summed E-state index contributed by atoms with van der Waals surface area (Å²) in [5, 5.41) is 0.500. The van der Waals surface area contributed by atoms with Crippen molar-refractivity contribution in [2.24, 2.45) is 0 Å². The van der Waals surface area contributed by atoms with Crippen LogP contribution >= 0.6 is 40.9 Å². The van der Waals surface area contributed by atoms with Crippen LogP contribution in [0.2, 0.25) is 5.02 Å². The van der Waals surface area contributed by atoms with Crippen LogP contribution in [0.4, 0.5) is 0 Å². The molecule has 82 valence electrons. The average Bonchev–Trinajstić information content (AvgIpc) is 2.16. The molecule has 0 aliphatic heterocycles. The van der Waals surface area contributed by atoms with Crippen molar-refractivity contribution in [3.8, 4) is 0 Å². The van der Waals surface area contributed by atoms with Crippen LogP contribution in [0.15, 0.2) is 24.3 Å². The van der Waals surface area contributed by atoms with Gasteiger partial charge in [-0.15, -0.1) is 0 Å². The van der Waals surface area contributed by atoms with Crippen LogP contribution in [0.1, 0.15) is 6.42 Å². The molecule has 1 rings (SSSR count). The summed E-state index contributed by atoms with van der Waals surface area (Å²) >= 11 is 16.7. The predicted molar refractivity (Wildman–Crippen MR) is 64.9 cm³/mol. The minimum atomic E-state index is -3.01. The van der Waals surface area contributed by atoms with Gasteiger partial charge in [0.2, 0.25) is 5.24 Å². The highest BCUT2D eigenvalue weighted by molar-refractivity contribution is 7.95. The number of hydrogen-bond acceptors (Lipinski definition) is 2. The smallest absolute Gasteiger partial charge is 0.222 e. The number of benzene rings is 1. The van der Waals surface area contributed by atoms with Crippen LogP contribution in [0.5, 0.6) is 0 Å². The first-order valence-corrected chi connectivity index (χ1v) is 7.70. The lowest BCUT2D eigenvalue weighted by Crippen LogP contribution is -2.04. The molecule has 1 aromatic rings. The molecule has 0 saturated carbocycles. The Labute approximate surface area is 103 Å². The van der Waals surface area contributed by atoms with E-state index in [4.69, 9.17) is 34.4 Å². The molecule has 1 unspecified atom stereocenters. The van der Waals surface area contributed by atoms with E-state index in [1.165, 1.54) is 0 Å². The molecule has 15 heavy (non-hydrogen) atoms. The fourth-order valence-electron chi connectivity index (χ4n) is 1.02. The van der Waals surface area contributed by atoms with E-state index in [1.807, 2.05) is 0 Å². The summed E-state index contributed by atoms with van der Waals surface area (Å²) in [6.07, 6.45) is 0.0729. The normalized spacial score (nSPS) is 14.6. The van der Waals surface area contributed by atoms with Crippen molar-refractivity contribution in [1.29, 1.82) is 0 Å². The highest BCUT2D eigenvalue weighted by atomic mass is 35.7. The molecule has 0 radical (unpaired) electrons.